The summed E-state index contributed by atoms with van der Waals surface area (Å²) in [5.41, 5.74) is -2.27. The van der Waals surface area contributed by atoms with Crippen molar-refractivity contribution in [3.8, 4) is 0 Å². The van der Waals surface area contributed by atoms with Crippen LogP contribution in [-0.4, -0.2) is 12.2 Å². The van der Waals surface area contributed by atoms with Crippen molar-refractivity contribution in [3.05, 3.63) is 0 Å². The van der Waals surface area contributed by atoms with Gasteiger partial charge in [-0.3, -0.25) is 0 Å². The highest BCUT2D eigenvalue weighted by atomic mass is 35.7. The van der Waals surface area contributed by atoms with E-state index in [0.29, 0.717) is 0 Å². The molecule has 0 rings (SSSR count). The largest absolute Gasteiger partial charge is 0.306 e. The van der Waals surface area contributed by atoms with Gasteiger partial charge < -0.3 is 4.57 Å². The van der Waals surface area contributed by atoms with Gasteiger partial charge in [0.1, 0.15) is 0 Å². The van der Waals surface area contributed by atoms with Crippen LogP contribution in [0, 0.1) is 0 Å². The zero-order valence-corrected chi connectivity index (χ0v) is 5.52. The molecule has 0 aliphatic carbocycles. The average Bonchev–Trinajstić information content (AvgIpc) is 1.25. The normalized spacial score (nSPS) is 27.2. The van der Waals surface area contributed by atoms with E-state index in [-0.39, 0.29) is 0 Å². The molecule has 0 saturated heterocycles. The van der Waals surface area contributed by atoms with E-state index in [0.717, 1.165) is 6.66 Å². The Morgan fingerprint density at radius 3 is 2.33 bits per heavy atom. The minimum atomic E-state index is -3.28. The molecule has 0 heterocycles. The fraction of sp³-hybridized carbons (Fsp3) is 1.00. The summed E-state index contributed by atoms with van der Waals surface area (Å²) in [7, 11) is 0. The molecule has 0 fully saturated rings. The second-order valence-corrected chi connectivity index (χ2v) is 5.16. The molecular formula is C2H5Cl2OP. The lowest BCUT2D eigenvalue weighted by molar-refractivity contribution is 0.590. The third-order valence-corrected chi connectivity index (χ3v) is 1.93. The zero-order chi connectivity index (χ0) is 7.00. The van der Waals surface area contributed by atoms with Crippen molar-refractivity contribution in [1.29, 1.82) is 0 Å². The van der Waals surface area contributed by atoms with Gasteiger partial charge in [0.2, 0.25) is 0 Å². The van der Waals surface area contributed by atoms with Crippen LogP contribution in [0.5, 0.6) is 0 Å². The smallest absolute Gasteiger partial charge is 0.180 e. The third kappa shape index (κ3) is 4.81. The Bertz CT molecular complexity index is 124. The van der Waals surface area contributed by atoms with E-state index >= 15 is 0 Å². The van der Waals surface area contributed by atoms with Gasteiger partial charge in [0.15, 0.2) is 6.49 Å². The van der Waals surface area contributed by atoms with Gasteiger partial charge in [-0.25, -0.2) is 0 Å². The summed E-state index contributed by atoms with van der Waals surface area (Å²) in [6.07, 6.45) is 0. The van der Waals surface area contributed by atoms with Gasteiger partial charge in [-0.15, -0.1) is 11.6 Å². The van der Waals surface area contributed by atoms with Gasteiger partial charge in [-0.2, -0.15) is 0 Å². The number of rotatable bonds is 1. The van der Waals surface area contributed by atoms with E-state index in [1.807, 2.05) is 0 Å². The van der Waals surface area contributed by atoms with Crippen LogP contribution >= 0.6 is 29.3 Å². The van der Waals surface area contributed by atoms with Gasteiger partial charge >= 0.3 is 0 Å². The minimum absolute atomic E-state index is 1.08. The van der Waals surface area contributed by atoms with E-state index in [1.165, 1.54) is 0 Å². The SMILES string of the molecule is [2H]C([2H])(Cl)P(C)(=O)Cl. The second kappa shape index (κ2) is 2.20. The summed E-state index contributed by atoms with van der Waals surface area (Å²) in [5.74, 6) is 0. The Hall–Kier alpha value is 0.810. The van der Waals surface area contributed by atoms with E-state index < -0.39 is 12.1 Å². The Morgan fingerprint density at radius 2 is 2.33 bits per heavy atom. The lowest BCUT2D eigenvalue weighted by Gasteiger charge is -1.90. The van der Waals surface area contributed by atoms with E-state index in [9.17, 15) is 4.57 Å². The van der Waals surface area contributed by atoms with Crippen molar-refractivity contribution in [1.82, 2.24) is 0 Å². The van der Waals surface area contributed by atoms with Crippen molar-refractivity contribution < 1.29 is 7.31 Å². The molecule has 0 radical (unpaired) electrons. The Kier molecular flexibility index (Phi) is 1.38. The van der Waals surface area contributed by atoms with Crippen LogP contribution in [0.15, 0.2) is 0 Å². The average molecular weight is 149 g/mol. The fourth-order valence-corrected chi connectivity index (χ4v) is 0. The van der Waals surface area contributed by atoms with Crippen molar-refractivity contribution in [2.24, 2.45) is 0 Å². The van der Waals surface area contributed by atoms with Crippen LogP contribution in [0.4, 0.5) is 0 Å². The van der Waals surface area contributed by atoms with Gasteiger partial charge in [-0.05, 0) is 0 Å². The molecule has 1 unspecified atom stereocenters. The molecule has 1 nitrogen and oxygen atoms in total. The van der Waals surface area contributed by atoms with Crippen molar-refractivity contribution >= 4 is 29.3 Å². The first-order chi connectivity index (χ1) is 3.25. The van der Waals surface area contributed by atoms with Gasteiger partial charge in [0.05, 0.1) is 8.31 Å². The second-order valence-electron chi connectivity index (χ2n) is 0.905. The summed E-state index contributed by atoms with van der Waals surface area (Å²) in [4.78, 5) is 0. The van der Waals surface area contributed by atoms with Crippen molar-refractivity contribution in [2.75, 3.05) is 12.2 Å². The first kappa shape index (κ1) is 3.77. The summed E-state index contributed by atoms with van der Waals surface area (Å²) in [6.45, 7) is -2.19. The first-order valence-electron chi connectivity index (χ1n) is 2.21. The molecule has 6 heavy (non-hydrogen) atoms. The molecule has 0 aromatic heterocycles. The van der Waals surface area contributed by atoms with E-state index in [1.54, 1.807) is 0 Å². The standard InChI is InChI=1S/C2H5Cl2OP/c1-6(4,5)2-3/h2H2,1H3/i2D2. The maximum Gasteiger partial charge on any atom is 0.180 e. The van der Waals surface area contributed by atoms with E-state index in [2.05, 4.69) is 0 Å². The number of alkyl halides is 1. The molecule has 0 aliphatic heterocycles. The maximum absolute atomic E-state index is 10.5. The number of hydrogen-bond donors (Lipinski definition) is 0. The fourth-order valence-electron chi connectivity index (χ4n) is 0. The van der Waals surface area contributed by atoms with Crippen LogP contribution in [0.25, 0.3) is 0 Å². The molecule has 1 atom stereocenters. The van der Waals surface area contributed by atoms with Crippen molar-refractivity contribution in [3.63, 3.8) is 0 Å². The third-order valence-electron chi connectivity index (χ3n) is 0.151. The predicted molar refractivity (Wildman–Crippen MR) is 30.1 cm³/mol. The number of halogens is 2. The molecule has 0 aromatic rings. The molecule has 4 heteroatoms. The molecule has 0 amide bonds. The lowest BCUT2D eigenvalue weighted by atomic mass is 11.9. The highest BCUT2D eigenvalue weighted by Gasteiger charge is 2.04. The molecule has 0 aliphatic rings. The Labute approximate surface area is 49.6 Å². The summed E-state index contributed by atoms with van der Waals surface area (Å²) < 4.78 is 23.7. The predicted octanol–water partition coefficient (Wildman–Crippen LogP) is 2.33. The van der Waals surface area contributed by atoms with Crippen LogP contribution in [-0.2, 0) is 4.57 Å². The van der Waals surface area contributed by atoms with Crippen LogP contribution in [0.1, 0.15) is 2.74 Å². The summed E-state index contributed by atoms with van der Waals surface area (Å²) in [6, 6.07) is 0. The Morgan fingerprint density at radius 1 is 2.17 bits per heavy atom. The topological polar surface area (TPSA) is 17.1 Å². The van der Waals surface area contributed by atoms with Gasteiger partial charge in [0, 0.05) is 6.66 Å². The van der Waals surface area contributed by atoms with Crippen LogP contribution in [0.2, 0.25) is 0 Å². The number of hydrogen-bond acceptors (Lipinski definition) is 1. The molecular weight excluding hydrogens is 142 g/mol. The van der Waals surface area contributed by atoms with Crippen molar-refractivity contribution in [2.45, 2.75) is 0 Å². The molecule has 0 bridgehead atoms. The van der Waals surface area contributed by atoms with Gasteiger partial charge in [0.25, 0.3) is 0 Å². The maximum atomic E-state index is 10.5. The highest BCUT2D eigenvalue weighted by molar-refractivity contribution is 7.89. The molecule has 0 spiro atoms. The molecule has 38 valence electrons. The molecule has 0 N–H and O–H groups in total. The zero-order valence-electron chi connectivity index (χ0n) is 5.11. The van der Waals surface area contributed by atoms with Gasteiger partial charge in [-0.1, -0.05) is 11.2 Å². The summed E-state index contributed by atoms with van der Waals surface area (Å²) >= 11 is 10.0. The summed E-state index contributed by atoms with van der Waals surface area (Å²) in [5, 5.41) is 0. The highest BCUT2D eigenvalue weighted by Crippen LogP contribution is 2.47. The first-order valence-corrected chi connectivity index (χ1v) is 4.65. The minimum Gasteiger partial charge on any atom is -0.306 e. The monoisotopic (exact) mass is 148 g/mol. The molecule has 0 saturated carbocycles. The van der Waals surface area contributed by atoms with Crippen LogP contribution < -0.4 is 0 Å². The molecule has 0 aromatic carbocycles. The Balaban J connectivity index is 4.26. The lowest BCUT2D eigenvalue weighted by Crippen LogP contribution is -1.62. The van der Waals surface area contributed by atoms with E-state index in [4.69, 9.17) is 25.6 Å². The quantitative estimate of drug-likeness (QED) is 0.413. The van der Waals surface area contributed by atoms with Crippen LogP contribution in [0.3, 0.4) is 0 Å².